The van der Waals surface area contributed by atoms with E-state index >= 15 is 0 Å². The van der Waals surface area contributed by atoms with Crippen molar-refractivity contribution in [3.05, 3.63) is 29.3 Å². The number of nitrogens with zero attached hydrogens (tertiary/aromatic N) is 1. The van der Waals surface area contributed by atoms with Gasteiger partial charge in [0.05, 0.1) is 30.3 Å². The first-order valence-electron chi connectivity index (χ1n) is 10.7. The summed E-state index contributed by atoms with van der Waals surface area (Å²) in [6.45, 7) is 12.8. The average Bonchev–Trinajstić information content (AvgIpc) is 3.18. The van der Waals surface area contributed by atoms with Gasteiger partial charge in [-0.2, -0.15) is 0 Å². The van der Waals surface area contributed by atoms with Crippen molar-refractivity contribution in [2.75, 3.05) is 38.7 Å². The van der Waals surface area contributed by atoms with Gasteiger partial charge in [0.15, 0.2) is 15.8 Å². The van der Waals surface area contributed by atoms with E-state index in [1.54, 1.807) is 20.8 Å². The molecule has 1 unspecified atom stereocenters. The van der Waals surface area contributed by atoms with E-state index in [-0.39, 0.29) is 5.75 Å². The normalized spacial score (nSPS) is 17.8. The zero-order valence-corrected chi connectivity index (χ0v) is 19.8. The first kappa shape index (κ1) is 24.5. The molecule has 1 fully saturated rings. The molecule has 8 heteroatoms. The third kappa shape index (κ3) is 7.47. The van der Waals surface area contributed by atoms with E-state index in [1.807, 2.05) is 32.0 Å². The summed E-state index contributed by atoms with van der Waals surface area (Å²) in [5.41, 5.74) is 2.14. The molecule has 0 bridgehead atoms. The molecule has 1 aromatic carbocycles. The molecular formula is C22H37N3O4S. The number of sulfone groups is 1. The number of rotatable bonds is 9. The second kappa shape index (κ2) is 11.0. The number of hydrogen-bond donors (Lipinski definition) is 2. The van der Waals surface area contributed by atoms with Gasteiger partial charge in [0, 0.05) is 31.2 Å². The summed E-state index contributed by atoms with van der Waals surface area (Å²) >= 11 is 0. The summed E-state index contributed by atoms with van der Waals surface area (Å²) in [5.74, 6) is 1.93. The maximum Gasteiger partial charge on any atom is 0.191 e. The standard InChI is InChI=1S/C22H37N3O4S/c1-6-23-21(24-10-12-30(26,27)22(3,4)5)25-14-19-8-7-17(2)13-20(19)29-16-18-9-11-28-15-18/h7-8,13,18H,6,9-12,14-16H2,1-5H3,(H2,23,24,25). The van der Waals surface area contributed by atoms with Crippen molar-refractivity contribution in [3.8, 4) is 5.75 Å². The highest BCUT2D eigenvalue weighted by Gasteiger charge is 2.28. The van der Waals surface area contributed by atoms with Crippen LogP contribution in [-0.4, -0.2) is 57.8 Å². The van der Waals surface area contributed by atoms with E-state index in [0.717, 1.165) is 36.5 Å². The highest BCUT2D eigenvalue weighted by molar-refractivity contribution is 7.92. The topological polar surface area (TPSA) is 89.0 Å². The number of aliphatic imine (C=N–C) groups is 1. The molecule has 30 heavy (non-hydrogen) atoms. The molecule has 2 rings (SSSR count). The average molecular weight is 440 g/mol. The van der Waals surface area contributed by atoms with Crippen LogP contribution in [0.15, 0.2) is 23.2 Å². The summed E-state index contributed by atoms with van der Waals surface area (Å²) in [6.07, 6.45) is 1.03. The lowest BCUT2D eigenvalue weighted by atomic mass is 10.1. The minimum Gasteiger partial charge on any atom is -0.493 e. The molecule has 1 heterocycles. The Kier molecular flexibility index (Phi) is 8.97. The first-order chi connectivity index (χ1) is 14.1. The Morgan fingerprint density at radius 1 is 1.30 bits per heavy atom. The van der Waals surface area contributed by atoms with Crippen molar-refractivity contribution < 1.29 is 17.9 Å². The van der Waals surface area contributed by atoms with Crippen LogP contribution >= 0.6 is 0 Å². The Hall–Kier alpha value is -1.80. The lowest BCUT2D eigenvalue weighted by Gasteiger charge is -2.20. The second-order valence-corrected chi connectivity index (χ2v) is 11.6. The van der Waals surface area contributed by atoms with E-state index in [0.29, 0.717) is 38.1 Å². The SMILES string of the molecule is CCNC(=NCc1ccc(C)cc1OCC1CCOC1)NCCS(=O)(=O)C(C)(C)C. The molecule has 1 aromatic rings. The molecule has 170 valence electrons. The highest BCUT2D eigenvalue weighted by Crippen LogP contribution is 2.23. The van der Waals surface area contributed by atoms with Crippen LogP contribution in [0.4, 0.5) is 0 Å². The second-order valence-electron chi connectivity index (χ2n) is 8.70. The predicted molar refractivity (Wildman–Crippen MR) is 122 cm³/mol. The minimum absolute atomic E-state index is 0.0588. The van der Waals surface area contributed by atoms with Gasteiger partial charge in [-0.15, -0.1) is 0 Å². The van der Waals surface area contributed by atoms with E-state index in [9.17, 15) is 8.42 Å². The molecule has 0 spiro atoms. The van der Waals surface area contributed by atoms with E-state index < -0.39 is 14.6 Å². The fourth-order valence-electron chi connectivity index (χ4n) is 2.97. The minimum atomic E-state index is -3.18. The van der Waals surface area contributed by atoms with Gasteiger partial charge in [0.2, 0.25) is 0 Å². The van der Waals surface area contributed by atoms with Crippen molar-refractivity contribution >= 4 is 15.8 Å². The smallest absolute Gasteiger partial charge is 0.191 e. The van der Waals surface area contributed by atoms with E-state index in [2.05, 4.69) is 15.6 Å². The van der Waals surface area contributed by atoms with Gasteiger partial charge in [-0.3, -0.25) is 0 Å². The summed E-state index contributed by atoms with van der Waals surface area (Å²) in [5, 5.41) is 6.30. The van der Waals surface area contributed by atoms with Gasteiger partial charge in [0.25, 0.3) is 0 Å². The zero-order valence-electron chi connectivity index (χ0n) is 19.0. The zero-order chi connectivity index (χ0) is 22.2. The molecule has 1 aliphatic heterocycles. The number of guanidine groups is 1. The largest absolute Gasteiger partial charge is 0.493 e. The monoisotopic (exact) mass is 439 g/mol. The molecule has 2 N–H and O–H groups in total. The molecule has 0 aliphatic carbocycles. The van der Waals surface area contributed by atoms with Crippen LogP contribution in [0.25, 0.3) is 0 Å². The number of ether oxygens (including phenoxy) is 2. The quantitative estimate of drug-likeness (QED) is 0.454. The Labute approximate surface area is 181 Å². The molecule has 0 radical (unpaired) electrons. The van der Waals surface area contributed by atoms with Crippen LogP contribution in [0.3, 0.4) is 0 Å². The number of hydrogen-bond acceptors (Lipinski definition) is 5. The third-order valence-corrected chi connectivity index (χ3v) is 7.68. The van der Waals surface area contributed by atoms with Crippen LogP contribution < -0.4 is 15.4 Å². The molecule has 0 amide bonds. The lowest BCUT2D eigenvalue weighted by Crippen LogP contribution is -2.41. The molecule has 1 saturated heterocycles. The maximum absolute atomic E-state index is 12.3. The number of benzene rings is 1. The van der Waals surface area contributed by atoms with Gasteiger partial charge in [0.1, 0.15) is 5.75 Å². The third-order valence-electron chi connectivity index (χ3n) is 5.07. The Morgan fingerprint density at radius 3 is 2.70 bits per heavy atom. The maximum atomic E-state index is 12.3. The van der Waals surface area contributed by atoms with Crippen LogP contribution in [0.5, 0.6) is 5.75 Å². The van der Waals surface area contributed by atoms with E-state index in [4.69, 9.17) is 9.47 Å². The molecule has 0 saturated carbocycles. The van der Waals surface area contributed by atoms with Crippen molar-refractivity contribution in [2.45, 2.75) is 52.3 Å². The van der Waals surface area contributed by atoms with Gasteiger partial charge in [-0.05, 0) is 52.7 Å². The Morgan fingerprint density at radius 2 is 2.07 bits per heavy atom. The molecular weight excluding hydrogens is 402 g/mol. The van der Waals surface area contributed by atoms with Crippen molar-refractivity contribution in [1.29, 1.82) is 0 Å². The van der Waals surface area contributed by atoms with Gasteiger partial charge >= 0.3 is 0 Å². The van der Waals surface area contributed by atoms with Gasteiger partial charge in [-0.1, -0.05) is 12.1 Å². The molecule has 1 atom stereocenters. The summed E-state index contributed by atoms with van der Waals surface area (Å²) < 4.78 is 35.4. The summed E-state index contributed by atoms with van der Waals surface area (Å²) in [4.78, 5) is 4.63. The summed E-state index contributed by atoms with van der Waals surface area (Å²) in [7, 11) is -3.18. The molecule has 1 aliphatic rings. The number of nitrogens with one attached hydrogen (secondary N) is 2. The van der Waals surface area contributed by atoms with Crippen LogP contribution in [0.2, 0.25) is 0 Å². The first-order valence-corrected chi connectivity index (χ1v) is 12.3. The highest BCUT2D eigenvalue weighted by atomic mass is 32.2. The Balaban J connectivity index is 2.00. The van der Waals surface area contributed by atoms with E-state index in [1.165, 1.54) is 0 Å². The van der Waals surface area contributed by atoms with Gasteiger partial charge < -0.3 is 20.1 Å². The molecule has 0 aromatic heterocycles. The predicted octanol–water partition coefficient (Wildman–Crippen LogP) is 2.68. The van der Waals surface area contributed by atoms with Crippen LogP contribution in [0.1, 0.15) is 45.2 Å². The summed E-state index contributed by atoms with van der Waals surface area (Å²) in [6, 6.07) is 6.12. The van der Waals surface area contributed by atoms with Crippen LogP contribution in [-0.2, 0) is 21.1 Å². The fraction of sp³-hybridized carbons (Fsp3) is 0.682. The number of aryl methyl sites for hydroxylation is 1. The Bertz CT molecular complexity index is 810. The molecule has 7 nitrogen and oxygen atoms in total. The van der Waals surface area contributed by atoms with Crippen molar-refractivity contribution in [1.82, 2.24) is 10.6 Å². The van der Waals surface area contributed by atoms with Gasteiger partial charge in [-0.25, -0.2) is 13.4 Å². The lowest BCUT2D eigenvalue weighted by molar-refractivity contribution is 0.166. The van der Waals surface area contributed by atoms with Crippen molar-refractivity contribution in [2.24, 2.45) is 10.9 Å². The van der Waals surface area contributed by atoms with Crippen molar-refractivity contribution in [3.63, 3.8) is 0 Å². The van der Waals surface area contributed by atoms with Crippen LogP contribution in [0, 0.1) is 12.8 Å². The fourth-order valence-corrected chi connectivity index (χ4v) is 3.95.